The van der Waals surface area contributed by atoms with Crippen molar-refractivity contribution >= 4 is 26.4 Å². The van der Waals surface area contributed by atoms with E-state index in [1.165, 1.54) is 42.0 Å². The van der Waals surface area contributed by atoms with Crippen molar-refractivity contribution < 1.29 is 42.3 Å². The average molecular weight is 769 g/mol. The summed E-state index contributed by atoms with van der Waals surface area (Å²) < 4.78 is 35.4. The predicted molar refractivity (Wildman–Crippen MR) is 189 cm³/mol. The van der Waals surface area contributed by atoms with Gasteiger partial charge in [0, 0.05) is 41.6 Å². The van der Waals surface area contributed by atoms with Crippen LogP contribution in [0, 0.1) is 28.4 Å². The van der Waals surface area contributed by atoms with E-state index in [1.54, 1.807) is 45.0 Å². The largest absolute Gasteiger partial charge is 0.444 e. The fraction of sp³-hybridized carbons (Fsp3) is 0.424. The van der Waals surface area contributed by atoms with Gasteiger partial charge in [-0.1, -0.05) is 17.2 Å². The second-order valence-electron chi connectivity index (χ2n) is 12.7. The molecule has 20 nitrogen and oxygen atoms in total. The van der Waals surface area contributed by atoms with E-state index in [0.717, 1.165) is 0 Å². The van der Waals surface area contributed by atoms with Crippen molar-refractivity contribution in [3.63, 3.8) is 0 Å². The number of nitro benzene ring substituents is 1. The minimum Gasteiger partial charge on any atom is -0.444 e. The van der Waals surface area contributed by atoms with Crippen LogP contribution in [0.15, 0.2) is 69.4 Å². The molecule has 1 aromatic heterocycles. The molecule has 1 aliphatic rings. The predicted octanol–water partition coefficient (Wildman–Crippen LogP) is 5.01. The number of amides is 1. The number of carbonyl (C=O) groups excluding carboxylic acids is 2. The summed E-state index contributed by atoms with van der Waals surface area (Å²) >= 11 is 0. The molecule has 21 heteroatoms. The van der Waals surface area contributed by atoms with Crippen molar-refractivity contribution in [2.45, 2.75) is 77.0 Å². The summed E-state index contributed by atoms with van der Waals surface area (Å²) in [5.74, 6) is -0.549. The second kappa shape index (κ2) is 18.8. The number of benzene rings is 2. The van der Waals surface area contributed by atoms with Crippen molar-refractivity contribution in [3.8, 4) is 17.6 Å². The van der Waals surface area contributed by atoms with E-state index in [0.29, 0.717) is 5.56 Å². The number of alkyl carbamates (subject to hydrolysis) is 1. The zero-order valence-electron chi connectivity index (χ0n) is 29.6. The third-order valence-corrected chi connectivity index (χ3v) is 8.51. The van der Waals surface area contributed by atoms with E-state index in [1.807, 2.05) is 6.07 Å². The topological polar surface area (TPSA) is 272 Å². The van der Waals surface area contributed by atoms with Gasteiger partial charge in [0.2, 0.25) is 0 Å². The van der Waals surface area contributed by atoms with Gasteiger partial charge in [0.05, 0.1) is 42.8 Å². The van der Waals surface area contributed by atoms with E-state index in [4.69, 9.17) is 38.6 Å². The first-order chi connectivity index (χ1) is 25.6. The summed E-state index contributed by atoms with van der Waals surface area (Å²) in [5.41, 5.74) is 7.70. The first kappa shape index (κ1) is 40.9. The molecule has 1 fully saturated rings. The van der Waals surface area contributed by atoms with Gasteiger partial charge in [0.25, 0.3) is 11.2 Å². The van der Waals surface area contributed by atoms with Gasteiger partial charge >= 0.3 is 26.4 Å². The number of H-pyrrole nitrogens is 1. The number of aryl methyl sites for hydroxylation is 1. The molecule has 2 heterocycles. The van der Waals surface area contributed by atoms with Crippen LogP contribution in [0.5, 0.6) is 11.5 Å². The van der Waals surface area contributed by atoms with Crippen LogP contribution < -0.4 is 25.8 Å². The van der Waals surface area contributed by atoms with Crippen molar-refractivity contribution in [1.29, 1.82) is 5.26 Å². The fourth-order valence-corrected chi connectivity index (χ4v) is 5.87. The van der Waals surface area contributed by atoms with Gasteiger partial charge in [-0.2, -0.15) is 5.26 Å². The number of aromatic amines is 1. The quantitative estimate of drug-likeness (QED) is 0.0223. The zero-order valence-corrected chi connectivity index (χ0v) is 30.5. The Kier molecular flexibility index (Phi) is 14.2. The molecule has 4 rings (SSSR count). The summed E-state index contributed by atoms with van der Waals surface area (Å²) in [6, 6.07) is 11.2. The molecule has 0 spiro atoms. The van der Waals surface area contributed by atoms with Crippen LogP contribution in [0.25, 0.3) is 10.4 Å². The number of ether oxygens (including phenoxy) is 3. The molecule has 286 valence electrons. The Morgan fingerprint density at radius 1 is 1.19 bits per heavy atom. The van der Waals surface area contributed by atoms with Gasteiger partial charge < -0.3 is 28.6 Å². The van der Waals surface area contributed by atoms with Crippen LogP contribution in [-0.2, 0) is 29.7 Å². The number of hydrogen-bond donors (Lipinski definition) is 2. The van der Waals surface area contributed by atoms with Crippen molar-refractivity contribution in [3.05, 3.63) is 107 Å². The summed E-state index contributed by atoms with van der Waals surface area (Å²) in [6.45, 7) is 6.28. The normalized spacial score (nSPS) is 17.6. The van der Waals surface area contributed by atoms with E-state index in [-0.39, 0.29) is 55.2 Å². The maximum atomic E-state index is 13.2. The lowest BCUT2D eigenvalue weighted by molar-refractivity contribution is -0.384. The van der Waals surface area contributed by atoms with E-state index >= 15 is 0 Å². The Morgan fingerprint density at radius 2 is 1.87 bits per heavy atom. The molecule has 1 amide bonds. The van der Waals surface area contributed by atoms with Gasteiger partial charge in [0.15, 0.2) is 0 Å². The Balaban J connectivity index is 1.45. The Labute approximate surface area is 308 Å². The molecular formula is C33H37N8O12P. The van der Waals surface area contributed by atoms with Gasteiger partial charge in [-0.15, -0.1) is 0 Å². The molecule has 0 aliphatic carbocycles. The SMILES string of the molecule is Cc1cn([C@H]2C[C@H](N=[N+]=[N-])[C@@H](COP(OCCC#N)Oc3ccc(C[C@H](NC(=O)OC(C)(C)C)C(=O)Oc4ccc([N+](=O)[O-])cc4)cc3)O2)c(=O)[nH]c1=O. The second-order valence-corrected chi connectivity index (χ2v) is 13.8. The van der Waals surface area contributed by atoms with Gasteiger partial charge in [-0.3, -0.25) is 29.0 Å². The minimum absolute atomic E-state index is 0.0276. The molecule has 54 heavy (non-hydrogen) atoms. The standard InChI is InChI=1S/C33H37N8O12P/c1-20-18-40(31(44)37-29(20)42)28-17-25(38-39-35)27(51-28)19-49-54(48-15-5-14-34)53-24-10-6-21(7-11-24)16-26(36-32(45)52-33(2,3)4)30(43)50-23-12-8-22(9-13-23)41(46)47/h6-13,18,25-28H,5,15-17,19H2,1-4H3,(H,36,45)(H,37,42,44)/t25-,26-,27+,28+,54?/m0/s1. The van der Waals surface area contributed by atoms with Gasteiger partial charge in [0.1, 0.15) is 29.4 Å². The number of hydrogen-bond acceptors (Lipinski definition) is 14. The molecule has 1 saturated heterocycles. The van der Waals surface area contributed by atoms with Crippen LogP contribution in [0.1, 0.15) is 51.0 Å². The highest BCUT2D eigenvalue weighted by atomic mass is 31.2. The Hall–Kier alpha value is -5.83. The minimum atomic E-state index is -2.15. The lowest BCUT2D eigenvalue weighted by Crippen LogP contribution is -2.46. The highest BCUT2D eigenvalue weighted by Gasteiger charge is 2.37. The number of nitriles is 1. The molecule has 1 aliphatic heterocycles. The van der Waals surface area contributed by atoms with E-state index in [9.17, 15) is 29.3 Å². The monoisotopic (exact) mass is 768 g/mol. The van der Waals surface area contributed by atoms with Crippen LogP contribution >= 0.6 is 8.60 Å². The van der Waals surface area contributed by atoms with Crippen molar-refractivity contribution in [2.75, 3.05) is 13.2 Å². The maximum absolute atomic E-state index is 13.2. The number of nitrogens with zero attached hydrogens (tertiary/aromatic N) is 6. The molecule has 0 bridgehead atoms. The highest BCUT2D eigenvalue weighted by molar-refractivity contribution is 7.42. The third-order valence-electron chi connectivity index (χ3n) is 7.40. The molecule has 1 unspecified atom stereocenters. The molecular weight excluding hydrogens is 731 g/mol. The summed E-state index contributed by atoms with van der Waals surface area (Å²) in [7, 11) is -2.15. The summed E-state index contributed by atoms with van der Waals surface area (Å²) in [5, 5.41) is 26.3. The van der Waals surface area contributed by atoms with Crippen LogP contribution in [0.4, 0.5) is 10.5 Å². The van der Waals surface area contributed by atoms with Crippen LogP contribution in [0.3, 0.4) is 0 Å². The molecule has 0 saturated carbocycles. The average Bonchev–Trinajstić information content (AvgIpc) is 3.51. The number of nitrogens with one attached hydrogen (secondary N) is 2. The molecule has 3 aromatic rings. The number of rotatable bonds is 16. The molecule has 0 radical (unpaired) electrons. The number of aromatic nitrogens is 2. The van der Waals surface area contributed by atoms with Crippen molar-refractivity contribution in [1.82, 2.24) is 14.9 Å². The van der Waals surface area contributed by atoms with Gasteiger partial charge in [-0.25, -0.2) is 14.4 Å². The number of carbonyl (C=O) groups is 2. The lowest BCUT2D eigenvalue weighted by Gasteiger charge is -2.23. The van der Waals surface area contributed by atoms with E-state index in [2.05, 4.69) is 20.3 Å². The summed E-state index contributed by atoms with van der Waals surface area (Å²) in [4.78, 5) is 65.6. The van der Waals surface area contributed by atoms with Gasteiger partial charge in [-0.05, 0) is 63.1 Å². The summed E-state index contributed by atoms with van der Waals surface area (Å²) in [6.07, 6.45) is -1.11. The maximum Gasteiger partial charge on any atom is 0.408 e. The zero-order chi connectivity index (χ0) is 39.4. The number of esters is 1. The first-order valence-corrected chi connectivity index (χ1v) is 17.4. The van der Waals surface area contributed by atoms with E-state index < -0.39 is 66.9 Å². The molecule has 2 aromatic carbocycles. The molecule has 5 atom stereocenters. The lowest BCUT2D eigenvalue weighted by atomic mass is 10.1. The fourth-order valence-electron chi connectivity index (χ4n) is 4.89. The van der Waals surface area contributed by atoms with Crippen molar-refractivity contribution in [2.24, 2.45) is 5.11 Å². The highest BCUT2D eigenvalue weighted by Crippen LogP contribution is 2.42. The number of non-ortho nitro benzene ring substituents is 1. The van der Waals surface area contributed by atoms with Crippen LogP contribution in [-0.4, -0.2) is 63.5 Å². The Morgan fingerprint density at radius 3 is 2.50 bits per heavy atom. The Bertz CT molecular complexity index is 2000. The first-order valence-electron chi connectivity index (χ1n) is 16.3. The third kappa shape index (κ3) is 12.1. The molecule has 2 N–H and O–H groups in total. The smallest absolute Gasteiger partial charge is 0.408 e. The van der Waals surface area contributed by atoms with Crippen LogP contribution in [0.2, 0.25) is 0 Å². The number of nitro groups is 1. The number of azide groups is 1.